The van der Waals surface area contributed by atoms with E-state index in [1.54, 1.807) is 0 Å². The van der Waals surface area contributed by atoms with Crippen LogP contribution in [0, 0.1) is 11.8 Å². The van der Waals surface area contributed by atoms with E-state index >= 15 is 0 Å². The number of esters is 1. The summed E-state index contributed by atoms with van der Waals surface area (Å²) in [7, 11) is 0. The van der Waals surface area contributed by atoms with Gasteiger partial charge >= 0.3 is 5.97 Å². The summed E-state index contributed by atoms with van der Waals surface area (Å²) >= 11 is 0. The number of carbonyl (C=O) groups excluding carboxylic acids is 1. The number of benzene rings is 1. The van der Waals surface area contributed by atoms with E-state index in [4.69, 9.17) is 4.74 Å². The van der Waals surface area contributed by atoms with Crippen LogP contribution in [-0.4, -0.2) is 5.97 Å². The summed E-state index contributed by atoms with van der Waals surface area (Å²) in [4.78, 5) is 12.5. The van der Waals surface area contributed by atoms with E-state index < -0.39 is 0 Å². The summed E-state index contributed by atoms with van der Waals surface area (Å²) in [6.07, 6.45) is 16.4. The third kappa shape index (κ3) is 5.59. The lowest BCUT2D eigenvalue weighted by atomic mass is 9.80. The van der Waals surface area contributed by atoms with Crippen LogP contribution in [-0.2, 0) is 4.79 Å². The summed E-state index contributed by atoms with van der Waals surface area (Å²) in [6.45, 7) is 2.26. The molecule has 0 heterocycles. The van der Waals surface area contributed by atoms with Gasteiger partial charge in [-0.2, -0.15) is 0 Å². The Hall–Kier alpha value is -1.31. The average Bonchev–Trinajstić information content (AvgIpc) is 2.70. The highest BCUT2D eigenvalue weighted by atomic mass is 16.5. The molecule has 2 saturated carbocycles. The molecule has 0 aromatic heterocycles. The molecule has 0 bridgehead atoms. The van der Waals surface area contributed by atoms with E-state index in [0.29, 0.717) is 5.92 Å². The maximum absolute atomic E-state index is 12.5. The molecule has 2 heteroatoms. The second kappa shape index (κ2) is 10.1. The predicted octanol–water partition coefficient (Wildman–Crippen LogP) is 7.03. The third-order valence-corrected chi connectivity index (χ3v) is 6.57. The van der Waals surface area contributed by atoms with Crippen LogP contribution in [0.3, 0.4) is 0 Å². The molecule has 26 heavy (non-hydrogen) atoms. The lowest BCUT2D eigenvalue weighted by molar-refractivity contribution is -0.140. The minimum Gasteiger partial charge on any atom is -0.426 e. The minimum absolute atomic E-state index is 0.0116. The zero-order valence-electron chi connectivity index (χ0n) is 16.6. The van der Waals surface area contributed by atoms with Crippen LogP contribution < -0.4 is 4.74 Å². The summed E-state index contributed by atoms with van der Waals surface area (Å²) < 4.78 is 5.69. The molecule has 1 aromatic carbocycles. The molecule has 144 valence electrons. The van der Waals surface area contributed by atoms with Gasteiger partial charge in [-0.15, -0.1) is 0 Å². The van der Waals surface area contributed by atoms with Gasteiger partial charge in [-0.05, 0) is 68.1 Å². The molecule has 2 aliphatic carbocycles. The van der Waals surface area contributed by atoms with E-state index in [1.807, 2.05) is 12.1 Å². The van der Waals surface area contributed by atoms with E-state index in [9.17, 15) is 4.79 Å². The van der Waals surface area contributed by atoms with Gasteiger partial charge in [0.2, 0.25) is 0 Å². The fraction of sp³-hybridized carbons (Fsp3) is 0.708. The fourth-order valence-electron chi connectivity index (χ4n) is 4.81. The number of unbranched alkanes of at least 4 members (excludes halogenated alkanes) is 2. The summed E-state index contributed by atoms with van der Waals surface area (Å²) in [6, 6.07) is 8.34. The van der Waals surface area contributed by atoms with Crippen molar-refractivity contribution in [3.8, 4) is 5.75 Å². The molecule has 1 aromatic rings. The largest absolute Gasteiger partial charge is 0.426 e. The maximum Gasteiger partial charge on any atom is 0.314 e. The molecule has 2 fully saturated rings. The van der Waals surface area contributed by atoms with Gasteiger partial charge < -0.3 is 4.74 Å². The molecular weight excluding hydrogens is 320 g/mol. The quantitative estimate of drug-likeness (QED) is 0.298. The first-order chi connectivity index (χ1) is 12.8. The first-order valence-corrected chi connectivity index (χ1v) is 11.1. The van der Waals surface area contributed by atoms with Crippen molar-refractivity contribution in [2.45, 2.75) is 96.3 Å². The normalized spacial score (nSPS) is 24.3. The number of hydrogen-bond acceptors (Lipinski definition) is 2. The van der Waals surface area contributed by atoms with Crippen LogP contribution in [0.4, 0.5) is 0 Å². The van der Waals surface area contributed by atoms with E-state index in [-0.39, 0.29) is 11.9 Å². The number of rotatable bonds is 7. The van der Waals surface area contributed by atoms with Crippen LogP contribution in [0.2, 0.25) is 0 Å². The molecule has 0 N–H and O–H groups in total. The predicted molar refractivity (Wildman–Crippen MR) is 107 cm³/mol. The summed E-state index contributed by atoms with van der Waals surface area (Å²) in [5.74, 6) is 2.36. The topological polar surface area (TPSA) is 26.3 Å². The Labute approximate surface area is 159 Å². The molecule has 0 spiro atoms. The molecule has 2 nitrogen and oxygen atoms in total. The molecule has 0 saturated heterocycles. The van der Waals surface area contributed by atoms with Crippen molar-refractivity contribution in [2.24, 2.45) is 11.8 Å². The summed E-state index contributed by atoms with van der Waals surface area (Å²) in [5.41, 5.74) is 1.41. The highest BCUT2D eigenvalue weighted by Gasteiger charge is 2.27. The van der Waals surface area contributed by atoms with Gasteiger partial charge in [-0.25, -0.2) is 0 Å². The minimum atomic E-state index is -0.0116. The number of carbonyl (C=O) groups is 1. The van der Waals surface area contributed by atoms with E-state index in [1.165, 1.54) is 76.2 Å². The van der Waals surface area contributed by atoms with Gasteiger partial charge in [0.1, 0.15) is 5.75 Å². The molecule has 0 amide bonds. The number of hydrogen-bond donors (Lipinski definition) is 0. The Bertz CT molecular complexity index is 534. The zero-order chi connectivity index (χ0) is 18.2. The highest BCUT2D eigenvalue weighted by Crippen LogP contribution is 2.35. The van der Waals surface area contributed by atoms with Crippen LogP contribution in [0.25, 0.3) is 0 Å². The third-order valence-electron chi connectivity index (χ3n) is 6.57. The second-order valence-electron chi connectivity index (χ2n) is 8.54. The first kappa shape index (κ1) is 19.5. The molecule has 0 unspecified atom stereocenters. The highest BCUT2D eigenvalue weighted by molar-refractivity contribution is 5.75. The Balaban J connectivity index is 1.43. The van der Waals surface area contributed by atoms with Crippen LogP contribution in [0.15, 0.2) is 24.3 Å². The van der Waals surface area contributed by atoms with Crippen molar-refractivity contribution in [1.29, 1.82) is 0 Å². The van der Waals surface area contributed by atoms with Gasteiger partial charge in [-0.1, -0.05) is 64.0 Å². The monoisotopic (exact) mass is 356 g/mol. The Morgan fingerprint density at radius 3 is 2.27 bits per heavy atom. The van der Waals surface area contributed by atoms with Gasteiger partial charge in [0.15, 0.2) is 0 Å². The van der Waals surface area contributed by atoms with Crippen molar-refractivity contribution in [3.63, 3.8) is 0 Å². The second-order valence-corrected chi connectivity index (χ2v) is 8.54. The van der Waals surface area contributed by atoms with Gasteiger partial charge in [-0.3, -0.25) is 4.79 Å². The van der Waals surface area contributed by atoms with E-state index in [2.05, 4.69) is 19.1 Å². The lowest BCUT2D eigenvalue weighted by Gasteiger charge is -2.27. The Kier molecular flexibility index (Phi) is 7.58. The first-order valence-electron chi connectivity index (χ1n) is 11.1. The van der Waals surface area contributed by atoms with Crippen molar-refractivity contribution in [1.82, 2.24) is 0 Å². The average molecular weight is 357 g/mol. The van der Waals surface area contributed by atoms with Crippen LogP contribution in [0.1, 0.15) is 102 Å². The molecular formula is C24H36O2. The van der Waals surface area contributed by atoms with Crippen LogP contribution >= 0.6 is 0 Å². The van der Waals surface area contributed by atoms with E-state index in [0.717, 1.165) is 24.5 Å². The van der Waals surface area contributed by atoms with Crippen molar-refractivity contribution in [2.75, 3.05) is 0 Å². The smallest absolute Gasteiger partial charge is 0.314 e. The SMILES string of the molecule is CCCCCC1CCC(C(=O)Oc2ccc(C3CCCCC3)cc2)CC1. The molecule has 2 aliphatic rings. The van der Waals surface area contributed by atoms with Crippen molar-refractivity contribution < 1.29 is 9.53 Å². The van der Waals surface area contributed by atoms with Gasteiger partial charge in [0, 0.05) is 0 Å². The maximum atomic E-state index is 12.5. The summed E-state index contributed by atoms with van der Waals surface area (Å²) in [5, 5.41) is 0. The molecule has 0 radical (unpaired) electrons. The number of ether oxygens (including phenoxy) is 1. The van der Waals surface area contributed by atoms with Crippen molar-refractivity contribution in [3.05, 3.63) is 29.8 Å². The zero-order valence-corrected chi connectivity index (χ0v) is 16.6. The van der Waals surface area contributed by atoms with Crippen molar-refractivity contribution >= 4 is 5.97 Å². The molecule has 3 rings (SSSR count). The molecule has 0 atom stereocenters. The van der Waals surface area contributed by atoms with Crippen LogP contribution in [0.5, 0.6) is 5.75 Å². The van der Waals surface area contributed by atoms with Gasteiger partial charge in [0.25, 0.3) is 0 Å². The Morgan fingerprint density at radius 2 is 1.62 bits per heavy atom. The molecule has 0 aliphatic heterocycles. The standard InChI is InChI=1S/C24H36O2/c1-2-3-5-8-19-11-13-22(14-12-19)24(25)26-23-17-15-21(16-18-23)20-9-6-4-7-10-20/h15-20,22H,2-14H2,1H3. The Morgan fingerprint density at radius 1 is 0.923 bits per heavy atom. The fourth-order valence-corrected chi connectivity index (χ4v) is 4.81. The van der Waals surface area contributed by atoms with Gasteiger partial charge in [0.05, 0.1) is 5.92 Å². The lowest BCUT2D eigenvalue weighted by Crippen LogP contribution is -2.25.